The van der Waals surface area contributed by atoms with Gasteiger partial charge in [-0.1, -0.05) is 0 Å². The molecule has 0 aliphatic heterocycles. The van der Waals surface area contributed by atoms with Gasteiger partial charge in [0.05, 0.1) is 12.8 Å². The first-order valence-electron chi connectivity index (χ1n) is 6.16. The summed E-state index contributed by atoms with van der Waals surface area (Å²) in [6.07, 6.45) is 1.67. The van der Waals surface area contributed by atoms with Crippen molar-refractivity contribution in [1.82, 2.24) is 20.0 Å². The van der Waals surface area contributed by atoms with E-state index in [0.717, 1.165) is 11.3 Å². The van der Waals surface area contributed by atoms with Crippen LogP contribution in [0.5, 0.6) is 0 Å². The number of ether oxygens (including phenoxy) is 1. The Hall–Kier alpha value is -2.09. The molecule has 0 bridgehead atoms. The molecular formula is C12H20N4O4. The Morgan fingerprint density at radius 3 is 2.75 bits per heavy atom. The lowest BCUT2D eigenvalue weighted by Crippen LogP contribution is -2.44. The summed E-state index contributed by atoms with van der Waals surface area (Å²) in [5.74, 6) is -1.06. The number of urea groups is 1. The van der Waals surface area contributed by atoms with Crippen molar-refractivity contribution in [1.29, 1.82) is 0 Å². The Labute approximate surface area is 117 Å². The fourth-order valence-electron chi connectivity index (χ4n) is 1.62. The molecule has 0 unspecified atom stereocenters. The summed E-state index contributed by atoms with van der Waals surface area (Å²) >= 11 is 0. The molecule has 0 saturated heterocycles. The summed E-state index contributed by atoms with van der Waals surface area (Å²) in [6, 6.07) is -0.437. The van der Waals surface area contributed by atoms with Crippen LogP contribution in [0.3, 0.4) is 0 Å². The molecule has 1 aromatic rings. The number of methoxy groups -OCH3 is 1. The predicted molar refractivity (Wildman–Crippen MR) is 71.3 cm³/mol. The maximum Gasteiger partial charge on any atom is 0.323 e. The molecule has 0 atom stereocenters. The summed E-state index contributed by atoms with van der Waals surface area (Å²) in [4.78, 5) is 23.9. The number of carboxylic acid groups (broad SMARTS) is 1. The van der Waals surface area contributed by atoms with Crippen LogP contribution in [-0.2, 0) is 23.1 Å². The van der Waals surface area contributed by atoms with E-state index in [1.54, 1.807) is 10.9 Å². The summed E-state index contributed by atoms with van der Waals surface area (Å²) < 4.78 is 6.57. The number of carboxylic acids is 1. The monoisotopic (exact) mass is 284 g/mol. The van der Waals surface area contributed by atoms with E-state index in [-0.39, 0.29) is 19.7 Å². The van der Waals surface area contributed by atoms with Gasteiger partial charge < -0.3 is 20.1 Å². The second-order valence-corrected chi connectivity index (χ2v) is 4.35. The fourth-order valence-corrected chi connectivity index (χ4v) is 1.62. The van der Waals surface area contributed by atoms with Gasteiger partial charge in [-0.05, 0) is 6.92 Å². The number of carbonyl (C=O) groups excluding carboxylic acids is 1. The van der Waals surface area contributed by atoms with Crippen molar-refractivity contribution < 1.29 is 19.4 Å². The van der Waals surface area contributed by atoms with Crippen LogP contribution >= 0.6 is 0 Å². The third kappa shape index (κ3) is 4.54. The molecule has 0 fully saturated rings. The zero-order valence-electron chi connectivity index (χ0n) is 11.9. The van der Waals surface area contributed by atoms with Gasteiger partial charge in [-0.25, -0.2) is 4.79 Å². The molecule has 0 spiro atoms. The molecule has 2 N–H and O–H groups in total. The van der Waals surface area contributed by atoms with Crippen LogP contribution in [0, 0.1) is 6.92 Å². The van der Waals surface area contributed by atoms with Crippen LogP contribution in [0.1, 0.15) is 11.3 Å². The number of aryl methyl sites for hydroxylation is 1. The largest absolute Gasteiger partial charge is 0.480 e. The molecule has 0 aliphatic carbocycles. The number of amides is 2. The highest BCUT2D eigenvalue weighted by atomic mass is 16.5. The van der Waals surface area contributed by atoms with Crippen LogP contribution in [0.4, 0.5) is 4.79 Å². The molecule has 20 heavy (non-hydrogen) atoms. The molecule has 8 nitrogen and oxygen atoms in total. The lowest BCUT2D eigenvalue weighted by atomic mass is 10.2. The molecule has 0 radical (unpaired) electrons. The minimum absolute atomic E-state index is 0.223. The average molecular weight is 284 g/mol. The molecule has 8 heteroatoms. The predicted octanol–water partition coefficient (Wildman–Crippen LogP) is -0.0289. The van der Waals surface area contributed by atoms with Crippen molar-refractivity contribution in [2.75, 3.05) is 26.8 Å². The van der Waals surface area contributed by atoms with Crippen LogP contribution in [0.15, 0.2) is 6.20 Å². The molecule has 2 amide bonds. The standard InChI is InChI=1S/C12H20N4O4/c1-9-10(7-14-15(9)2)6-13-12(19)16(4-5-20-3)8-11(17)18/h7H,4-6,8H2,1-3H3,(H,13,19)(H,17,18). The maximum atomic E-state index is 11.9. The number of hydrogen-bond donors (Lipinski definition) is 2. The molecule has 112 valence electrons. The molecule has 0 saturated carbocycles. The minimum Gasteiger partial charge on any atom is -0.480 e. The normalized spacial score (nSPS) is 10.3. The van der Waals surface area contributed by atoms with Gasteiger partial charge in [0.15, 0.2) is 0 Å². The number of nitrogens with one attached hydrogen (secondary N) is 1. The van der Waals surface area contributed by atoms with Gasteiger partial charge in [-0.15, -0.1) is 0 Å². The van der Waals surface area contributed by atoms with Crippen molar-refractivity contribution in [2.45, 2.75) is 13.5 Å². The van der Waals surface area contributed by atoms with Crippen molar-refractivity contribution in [3.63, 3.8) is 0 Å². The van der Waals surface area contributed by atoms with Crippen molar-refractivity contribution in [2.24, 2.45) is 7.05 Å². The highest BCUT2D eigenvalue weighted by molar-refractivity contribution is 5.80. The van der Waals surface area contributed by atoms with Gasteiger partial charge in [0.1, 0.15) is 6.54 Å². The Bertz CT molecular complexity index is 472. The van der Waals surface area contributed by atoms with Crippen LogP contribution in [0.25, 0.3) is 0 Å². The average Bonchev–Trinajstić information content (AvgIpc) is 2.71. The highest BCUT2D eigenvalue weighted by Crippen LogP contribution is 2.05. The van der Waals surface area contributed by atoms with Gasteiger partial charge in [0.25, 0.3) is 0 Å². The summed E-state index contributed by atoms with van der Waals surface area (Å²) in [5, 5.41) is 15.5. The van der Waals surface area contributed by atoms with Crippen molar-refractivity contribution in [3.05, 3.63) is 17.5 Å². The molecule has 1 aromatic heterocycles. The summed E-state index contributed by atoms with van der Waals surface area (Å²) in [6.45, 7) is 2.35. The number of aliphatic carboxylic acids is 1. The lowest BCUT2D eigenvalue weighted by molar-refractivity contribution is -0.137. The van der Waals surface area contributed by atoms with E-state index < -0.39 is 12.0 Å². The molecule has 0 aliphatic rings. The third-order valence-electron chi connectivity index (χ3n) is 2.95. The zero-order chi connectivity index (χ0) is 15.1. The number of rotatable bonds is 7. The first-order chi connectivity index (χ1) is 9.45. The smallest absolute Gasteiger partial charge is 0.323 e. The quantitative estimate of drug-likeness (QED) is 0.733. The van der Waals surface area contributed by atoms with E-state index in [1.807, 2.05) is 14.0 Å². The van der Waals surface area contributed by atoms with E-state index >= 15 is 0 Å². The Balaban J connectivity index is 2.56. The van der Waals surface area contributed by atoms with Gasteiger partial charge in [-0.2, -0.15) is 5.10 Å². The summed E-state index contributed by atoms with van der Waals surface area (Å²) in [7, 11) is 3.31. The van der Waals surface area contributed by atoms with Crippen LogP contribution < -0.4 is 5.32 Å². The van der Waals surface area contributed by atoms with Gasteiger partial charge in [-0.3, -0.25) is 9.48 Å². The molecule has 0 aromatic carbocycles. The third-order valence-corrected chi connectivity index (χ3v) is 2.95. The molecule has 1 heterocycles. The lowest BCUT2D eigenvalue weighted by Gasteiger charge is -2.20. The maximum absolute atomic E-state index is 11.9. The first-order valence-corrected chi connectivity index (χ1v) is 6.16. The van der Waals surface area contributed by atoms with E-state index in [9.17, 15) is 9.59 Å². The van der Waals surface area contributed by atoms with Crippen LogP contribution in [-0.4, -0.2) is 58.6 Å². The first kappa shape index (κ1) is 16.0. The van der Waals surface area contributed by atoms with E-state index in [2.05, 4.69) is 10.4 Å². The highest BCUT2D eigenvalue weighted by Gasteiger charge is 2.16. The Morgan fingerprint density at radius 1 is 1.55 bits per heavy atom. The summed E-state index contributed by atoms with van der Waals surface area (Å²) in [5.41, 5.74) is 1.84. The fraction of sp³-hybridized carbons (Fsp3) is 0.583. The zero-order valence-corrected chi connectivity index (χ0v) is 11.9. The Morgan fingerprint density at radius 2 is 2.25 bits per heavy atom. The molecular weight excluding hydrogens is 264 g/mol. The van der Waals surface area contributed by atoms with Crippen molar-refractivity contribution in [3.8, 4) is 0 Å². The van der Waals surface area contributed by atoms with Gasteiger partial charge >= 0.3 is 12.0 Å². The number of hydrogen-bond acceptors (Lipinski definition) is 4. The second-order valence-electron chi connectivity index (χ2n) is 4.35. The Kier molecular flexibility index (Phi) is 5.98. The van der Waals surface area contributed by atoms with Gasteiger partial charge in [0, 0.05) is 38.5 Å². The minimum atomic E-state index is -1.06. The van der Waals surface area contributed by atoms with E-state index in [1.165, 1.54) is 12.0 Å². The topological polar surface area (TPSA) is 96.7 Å². The number of aromatic nitrogens is 2. The van der Waals surface area contributed by atoms with E-state index in [0.29, 0.717) is 6.54 Å². The SMILES string of the molecule is COCCN(CC(=O)O)C(=O)NCc1cnn(C)c1C. The number of nitrogens with zero attached hydrogens (tertiary/aromatic N) is 3. The second kappa shape index (κ2) is 7.49. The molecule has 1 rings (SSSR count). The van der Waals surface area contributed by atoms with Crippen molar-refractivity contribution >= 4 is 12.0 Å². The van der Waals surface area contributed by atoms with Gasteiger partial charge in [0.2, 0.25) is 0 Å². The number of carbonyl (C=O) groups is 2. The van der Waals surface area contributed by atoms with Crippen LogP contribution in [0.2, 0.25) is 0 Å². The van der Waals surface area contributed by atoms with E-state index in [4.69, 9.17) is 9.84 Å².